The van der Waals surface area contributed by atoms with Crippen molar-refractivity contribution in [2.24, 2.45) is 0 Å². The van der Waals surface area contributed by atoms with Gasteiger partial charge in [-0.15, -0.1) is 0 Å². The minimum Gasteiger partial charge on any atom is -0.493 e. The van der Waals surface area contributed by atoms with Crippen LogP contribution >= 0.6 is 0 Å². The van der Waals surface area contributed by atoms with Crippen LogP contribution in [-0.4, -0.2) is 38.4 Å². The number of halogens is 1. The van der Waals surface area contributed by atoms with Gasteiger partial charge in [-0.2, -0.15) is 0 Å². The molecular weight excluding hydrogens is 455 g/mol. The van der Waals surface area contributed by atoms with Crippen molar-refractivity contribution in [3.8, 4) is 17.2 Å². The Kier molecular flexibility index (Phi) is 8.42. The Labute approximate surface area is 201 Å². The van der Waals surface area contributed by atoms with E-state index in [1.165, 1.54) is 57.7 Å². The zero-order chi connectivity index (χ0) is 25.4. The van der Waals surface area contributed by atoms with E-state index in [9.17, 15) is 14.0 Å². The van der Waals surface area contributed by atoms with Gasteiger partial charge in [0.2, 0.25) is 5.75 Å². The molecule has 0 aliphatic rings. The number of methoxy groups -OCH3 is 3. The third kappa shape index (κ3) is 6.15. The lowest BCUT2D eigenvalue weighted by Crippen LogP contribution is -2.24. The molecule has 0 fully saturated rings. The van der Waals surface area contributed by atoms with E-state index in [1.54, 1.807) is 35.8 Å². The molecule has 0 aliphatic carbocycles. The Bertz CT molecular complexity index is 1200. The number of hydrogen-bond donors (Lipinski definition) is 3. The molecule has 3 N–H and O–H groups in total. The fourth-order valence-corrected chi connectivity index (χ4v) is 3.38. The monoisotopic (exact) mass is 480 g/mol. The summed E-state index contributed by atoms with van der Waals surface area (Å²) in [5.74, 6) is -0.200. The van der Waals surface area contributed by atoms with E-state index in [4.69, 9.17) is 19.4 Å². The average molecular weight is 480 g/mol. The summed E-state index contributed by atoms with van der Waals surface area (Å²) in [5, 5.41) is 11.6. The van der Waals surface area contributed by atoms with Crippen LogP contribution < -0.4 is 25.0 Å². The number of hydroxylamine groups is 1. The molecule has 0 bridgehead atoms. The molecule has 0 heterocycles. The lowest BCUT2D eigenvalue weighted by molar-refractivity contribution is -0.115. The number of carbonyl (C=O) groups excluding carboxylic acids is 2. The molecule has 0 aliphatic heterocycles. The zero-order valence-corrected chi connectivity index (χ0v) is 19.4. The minimum atomic E-state index is -0.632. The van der Waals surface area contributed by atoms with Gasteiger partial charge in [-0.05, 0) is 59.2 Å². The second-order valence-corrected chi connectivity index (χ2v) is 7.34. The van der Waals surface area contributed by atoms with Crippen molar-refractivity contribution in [1.82, 2.24) is 10.8 Å². The first kappa shape index (κ1) is 25.3. The molecule has 3 aromatic rings. The Morgan fingerprint density at radius 1 is 0.886 bits per heavy atom. The second kappa shape index (κ2) is 11.7. The maximum Gasteiger partial charge on any atom is 0.274 e. The van der Waals surface area contributed by atoms with Crippen LogP contribution in [0.2, 0.25) is 0 Å². The number of carbonyl (C=O) groups is 2. The van der Waals surface area contributed by atoms with Crippen LogP contribution in [0.1, 0.15) is 27.0 Å². The van der Waals surface area contributed by atoms with Crippen molar-refractivity contribution < 1.29 is 33.4 Å². The van der Waals surface area contributed by atoms with Crippen LogP contribution in [-0.2, 0) is 11.3 Å². The summed E-state index contributed by atoms with van der Waals surface area (Å²) in [7, 11) is 4.48. The maximum atomic E-state index is 13.5. The molecule has 2 amide bonds. The average Bonchev–Trinajstić information content (AvgIpc) is 2.90. The molecular formula is C26H25FN2O6. The molecule has 0 radical (unpaired) electrons. The third-order valence-corrected chi connectivity index (χ3v) is 5.17. The summed E-state index contributed by atoms with van der Waals surface area (Å²) in [6, 6.07) is 15.3. The highest BCUT2D eigenvalue weighted by atomic mass is 19.1. The topological polar surface area (TPSA) is 106 Å². The molecule has 35 heavy (non-hydrogen) atoms. The summed E-state index contributed by atoms with van der Waals surface area (Å²) in [6.45, 7) is 0.174. The lowest BCUT2D eigenvalue weighted by atomic mass is 10.0. The van der Waals surface area contributed by atoms with Crippen LogP contribution in [0.15, 0.2) is 60.7 Å². The molecule has 0 saturated heterocycles. The highest BCUT2D eigenvalue weighted by Crippen LogP contribution is 2.39. The first-order chi connectivity index (χ1) is 16.9. The Hall–Kier alpha value is -4.37. The quantitative estimate of drug-likeness (QED) is 0.186. The number of rotatable bonds is 9. The van der Waals surface area contributed by atoms with Crippen molar-refractivity contribution in [3.63, 3.8) is 0 Å². The molecule has 0 aromatic heterocycles. The minimum absolute atomic E-state index is 0.174. The number of hydrogen-bond acceptors (Lipinski definition) is 6. The van der Waals surface area contributed by atoms with Gasteiger partial charge in [-0.1, -0.05) is 24.3 Å². The Balaban J connectivity index is 1.93. The van der Waals surface area contributed by atoms with E-state index in [1.807, 2.05) is 0 Å². The molecule has 8 nitrogen and oxygen atoms in total. The normalized spacial score (nSPS) is 10.9. The van der Waals surface area contributed by atoms with Gasteiger partial charge in [0.1, 0.15) is 5.82 Å². The standard InChI is InChI=1S/C26H25FN2O6/c1-33-22-13-17(14-23(34-2)24(22)35-3)12-21(18-8-10-20(27)11-9-18)26(31)28-15-16-4-6-19(7-5-16)25(30)29-32/h4-14,32H,15H2,1-3H3,(H,28,31)(H,29,30)/b21-12+. The number of benzene rings is 3. The highest BCUT2D eigenvalue weighted by Gasteiger charge is 2.16. The van der Waals surface area contributed by atoms with Crippen LogP contribution in [0.5, 0.6) is 17.2 Å². The first-order valence-corrected chi connectivity index (χ1v) is 10.5. The van der Waals surface area contributed by atoms with Gasteiger partial charge in [0, 0.05) is 17.7 Å². The van der Waals surface area contributed by atoms with E-state index in [2.05, 4.69) is 5.32 Å². The lowest BCUT2D eigenvalue weighted by Gasteiger charge is -2.14. The van der Waals surface area contributed by atoms with E-state index in [0.717, 1.165) is 5.56 Å². The molecule has 0 atom stereocenters. The number of amides is 2. The largest absolute Gasteiger partial charge is 0.493 e. The Morgan fingerprint density at radius 2 is 1.46 bits per heavy atom. The van der Waals surface area contributed by atoms with Crippen molar-refractivity contribution >= 4 is 23.5 Å². The van der Waals surface area contributed by atoms with Crippen molar-refractivity contribution in [2.75, 3.05) is 21.3 Å². The molecule has 0 unspecified atom stereocenters. The van der Waals surface area contributed by atoms with Crippen LogP contribution in [0.3, 0.4) is 0 Å². The summed E-state index contributed by atoms with van der Waals surface area (Å²) in [6.07, 6.45) is 1.64. The fourth-order valence-electron chi connectivity index (χ4n) is 3.38. The van der Waals surface area contributed by atoms with Crippen LogP contribution in [0.25, 0.3) is 11.6 Å². The smallest absolute Gasteiger partial charge is 0.274 e. The van der Waals surface area contributed by atoms with Gasteiger partial charge < -0.3 is 19.5 Å². The van der Waals surface area contributed by atoms with E-state index >= 15 is 0 Å². The van der Waals surface area contributed by atoms with Gasteiger partial charge in [-0.3, -0.25) is 14.8 Å². The Morgan fingerprint density at radius 3 is 1.97 bits per heavy atom. The maximum absolute atomic E-state index is 13.5. The zero-order valence-electron chi connectivity index (χ0n) is 19.4. The first-order valence-electron chi connectivity index (χ1n) is 10.5. The molecule has 0 saturated carbocycles. The van der Waals surface area contributed by atoms with E-state index in [0.29, 0.717) is 28.4 Å². The van der Waals surface area contributed by atoms with Gasteiger partial charge >= 0.3 is 0 Å². The van der Waals surface area contributed by atoms with Crippen molar-refractivity contribution in [3.05, 3.63) is 88.7 Å². The number of nitrogens with one attached hydrogen (secondary N) is 2. The summed E-state index contributed by atoms with van der Waals surface area (Å²) in [5.41, 5.74) is 3.98. The highest BCUT2D eigenvalue weighted by molar-refractivity contribution is 6.24. The van der Waals surface area contributed by atoms with Gasteiger partial charge in [0.15, 0.2) is 11.5 Å². The molecule has 9 heteroatoms. The fraction of sp³-hybridized carbons (Fsp3) is 0.154. The molecule has 0 spiro atoms. The third-order valence-electron chi connectivity index (χ3n) is 5.17. The molecule has 3 aromatic carbocycles. The van der Waals surface area contributed by atoms with Crippen molar-refractivity contribution in [1.29, 1.82) is 0 Å². The SMILES string of the molecule is COc1cc(/C=C(/C(=O)NCc2ccc(C(=O)NO)cc2)c2ccc(F)cc2)cc(OC)c1OC. The predicted molar refractivity (Wildman–Crippen MR) is 128 cm³/mol. The number of ether oxygens (including phenoxy) is 3. The second-order valence-electron chi connectivity index (χ2n) is 7.34. The van der Waals surface area contributed by atoms with E-state index in [-0.39, 0.29) is 17.7 Å². The van der Waals surface area contributed by atoms with Gasteiger partial charge in [0.25, 0.3) is 11.8 Å². The van der Waals surface area contributed by atoms with Crippen molar-refractivity contribution in [2.45, 2.75) is 6.54 Å². The summed E-state index contributed by atoms with van der Waals surface area (Å²) < 4.78 is 29.7. The summed E-state index contributed by atoms with van der Waals surface area (Å²) in [4.78, 5) is 24.7. The van der Waals surface area contributed by atoms with Gasteiger partial charge in [-0.25, -0.2) is 9.87 Å². The summed E-state index contributed by atoms with van der Waals surface area (Å²) >= 11 is 0. The predicted octanol–water partition coefficient (Wildman–Crippen LogP) is 3.83. The van der Waals surface area contributed by atoms with Crippen LogP contribution in [0, 0.1) is 5.82 Å². The molecule has 182 valence electrons. The van der Waals surface area contributed by atoms with Crippen LogP contribution in [0.4, 0.5) is 4.39 Å². The molecule has 3 rings (SSSR count). The van der Waals surface area contributed by atoms with E-state index < -0.39 is 17.6 Å². The van der Waals surface area contributed by atoms with Gasteiger partial charge in [0.05, 0.1) is 21.3 Å².